The Bertz CT molecular complexity index is 1110. The van der Waals surface area contributed by atoms with E-state index in [-0.39, 0.29) is 16.2 Å². The Labute approximate surface area is 168 Å². The molecule has 2 aromatic carbocycles. The van der Waals surface area contributed by atoms with E-state index in [0.29, 0.717) is 11.3 Å². The van der Waals surface area contributed by atoms with E-state index in [4.69, 9.17) is 9.97 Å². The van der Waals surface area contributed by atoms with Crippen LogP contribution in [-0.4, -0.2) is 22.9 Å². The fraction of sp³-hybridized carbons (Fsp3) is 0.417. The molecule has 0 aliphatic heterocycles. The van der Waals surface area contributed by atoms with Crippen molar-refractivity contribution in [1.82, 2.24) is 9.97 Å². The number of aromatic nitrogens is 2. The SMILES string of the molecule is Bc1c2c(c(O)c3nc(C)c(-c4ccccc4)nc13)C(C)(C)C(C)(C)C2(C)C. The monoisotopic (exact) mass is 372 g/mol. The maximum absolute atomic E-state index is 11.4. The molecule has 1 heterocycles. The van der Waals surface area contributed by atoms with Crippen LogP contribution in [0.1, 0.15) is 58.4 Å². The Hall–Kier alpha value is -2.36. The zero-order valence-corrected chi connectivity index (χ0v) is 18.2. The average Bonchev–Trinajstić information content (AvgIpc) is 2.74. The first-order chi connectivity index (χ1) is 12.9. The molecule has 1 aliphatic rings. The smallest absolute Gasteiger partial charge is 0.147 e. The molecular formula is C24H29BN2O. The summed E-state index contributed by atoms with van der Waals surface area (Å²) in [6.07, 6.45) is 0. The third-order valence-corrected chi connectivity index (χ3v) is 7.93. The molecule has 3 aromatic rings. The van der Waals surface area contributed by atoms with Crippen molar-refractivity contribution in [3.63, 3.8) is 0 Å². The number of hydrogen-bond acceptors (Lipinski definition) is 3. The van der Waals surface area contributed by atoms with E-state index in [2.05, 4.69) is 61.5 Å². The molecule has 0 amide bonds. The number of phenols is 1. The minimum Gasteiger partial charge on any atom is -0.505 e. The van der Waals surface area contributed by atoms with Gasteiger partial charge in [0.1, 0.15) is 19.1 Å². The second-order valence-electron chi connectivity index (χ2n) is 9.82. The second-order valence-corrected chi connectivity index (χ2v) is 9.82. The Morgan fingerprint density at radius 2 is 1.39 bits per heavy atom. The minimum atomic E-state index is -0.178. The van der Waals surface area contributed by atoms with E-state index in [9.17, 15) is 5.11 Å². The molecule has 0 fully saturated rings. The van der Waals surface area contributed by atoms with Crippen molar-refractivity contribution in [3.05, 3.63) is 47.2 Å². The lowest BCUT2D eigenvalue weighted by Crippen LogP contribution is -2.43. The molecule has 4 heteroatoms. The first kappa shape index (κ1) is 19.0. The van der Waals surface area contributed by atoms with Gasteiger partial charge in [-0.15, -0.1) is 0 Å². The van der Waals surface area contributed by atoms with Crippen molar-refractivity contribution in [3.8, 4) is 17.0 Å². The molecule has 0 saturated heterocycles. The molecule has 3 nitrogen and oxygen atoms in total. The molecule has 1 aliphatic carbocycles. The predicted octanol–water partition coefficient (Wildman–Crippen LogP) is 4.16. The van der Waals surface area contributed by atoms with Gasteiger partial charge in [0.05, 0.1) is 16.9 Å². The van der Waals surface area contributed by atoms with Gasteiger partial charge in [0.15, 0.2) is 0 Å². The third-order valence-electron chi connectivity index (χ3n) is 7.93. The standard InChI is InChI=1S/C24H29BN2O/c1-13-18(14-11-9-8-10-12-14)27-19-17(25)15-16(21(28)20(19)26-13)23(4,5)24(6,7)22(15,2)3/h8-12,28H,25H2,1-7H3. The minimum absolute atomic E-state index is 0.0285. The Kier molecular flexibility index (Phi) is 3.79. The number of phenolic OH excluding ortho intramolecular Hbond substituents is 1. The van der Waals surface area contributed by atoms with Crippen LogP contribution in [-0.2, 0) is 10.8 Å². The highest BCUT2D eigenvalue weighted by Gasteiger charge is 2.59. The lowest BCUT2D eigenvalue weighted by Gasteiger charge is -2.44. The van der Waals surface area contributed by atoms with Gasteiger partial charge in [-0.3, -0.25) is 0 Å². The van der Waals surface area contributed by atoms with Gasteiger partial charge in [-0.2, -0.15) is 0 Å². The Morgan fingerprint density at radius 3 is 2.00 bits per heavy atom. The lowest BCUT2D eigenvalue weighted by atomic mass is 9.59. The molecule has 0 spiro atoms. The van der Waals surface area contributed by atoms with Crippen molar-refractivity contribution >= 4 is 24.3 Å². The van der Waals surface area contributed by atoms with E-state index in [1.807, 2.05) is 25.1 Å². The number of benzene rings is 2. The number of hydrogen-bond donors (Lipinski definition) is 1. The fourth-order valence-corrected chi connectivity index (χ4v) is 5.15. The van der Waals surface area contributed by atoms with Crippen LogP contribution in [0.4, 0.5) is 0 Å². The van der Waals surface area contributed by atoms with Crippen molar-refractivity contribution in [2.45, 2.75) is 59.3 Å². The summed E-state index contributed by atoms with van der Waals surface area (Å²) < 4.78 is 0. The van der Waals surface area contributed by atoms with Gasteiger partial charge in [-0.05, 0) is 28.7 Å². The molecule has 4 rings (SSSR count). The maximum Gasteiger partial charge on any atom is 0.147 e. The summed E-state index contributed by atoms with van der Waals surface area (Å²) in [4.78, 5) is 9.86. The molecule has 144 valence electrons. The van der Waals surface area contributed by atoms with Gasteiger partial charge in [-0.1, -0.05) is 77.3 Å². The summed E-state index contributed by atoms with van der Waals surface area (Å²) >= 11 is 0. The van der Waals surface area contributed by atoms with E-state index in [1.165, 1.54) is 5.56 Å². The van der Waals surface area contributed by atoms with Crippen molar-refractivity contribution in [1.29, 1.82) is 0 Å². The van der Waals surface area contributed by atoms with Crippen LogP contribution in [0.2, 0.25) is 0 Å². The van der Waals surface area contributed by atoms with Gasteiger partial charge in [0.2, 0.25) is 0 Å². The number of aromatic hydroxyl groups is 1. The first-order valence-corrected chi connectivity index (χ1v) is 10.0. The average molecular weight is 372 g/mol. The highest BCUT2D eigenvalue weighted by molar-refractivity contribution is 6.40. The van der Waals surface area contributed by atoms with Crippen LogP contribution in [0.25, 0.3) is 22.3 Å². The Morgan fingerprint density at radius 1 is 0.821 bits per heavy atom. The predicted molar refractivity (Wildman–Crippen MR) is 119 cm³/mol. The molecular weight excluding hydrogens is 343 g/mol. The summed E-state index contributed by atoms with van der Waals surface area (Å²) in [5.41, 5.74) is 7.29. The van der Waals surface area contributed by atoms with Crippen molar-refractivity contribution in [2.75, 3.05) is 0 Å². The van der Waals surface area contributed by atoms with E-state index in [1.54, 1.807) is 0 Å². The molecule has 0 saturated carbocycles. The molecule has 0 unspecified atom stereocenters. The van der Waals surface area contributed by atoms with Crippen molar-refractivity contribution in [2.24, 2.45) is 5.41 Å². The van der Waals surface area contributed by atoms with Crippen LogP contribution in [0.5, 0.6) is 5.75 Å². The summed E-state index contributed by atoms with van der Waals surface area (Å²) in [5.74, 6) is 0.300. The number of nitrogens with zero attached hydrogens (tertiary/aromatic N) is 2. The zero-order valence-electron chi connectivity index (χ0n) is 18.2. The van der Waals surface area contributed by atoms with Gasteiger partial charge in [0.25, 0.3) is 0 Å². The highest BCUT2D eigenvalue weighted by atomic mass is 16.3. The van der Waals surface area contributed by atoms with Crippen LogP contribution in [0, 0.1) is 12.3 Å². The fourth-order valence-electron chi connectivity index (χ4n) is 5.15. The summed E-state index contributed by atoms with van der Waals surface area (Å²) in [6.45, 7) is 15.6. The zero-order chi connectivity index (χ0) is 20.6. The van der Waals surface area contributed by atoms with Gasteiger partial charge >= 0.3 is 0 Å². The highest BCUT2D eigenvalue weighted by Crippen LogP contribution is 2.63. The molecule has 1 aromatic heterocycles. The number of rotatable bonds is 1. The lowest BCUT2D eigenvalue weighted by molar-refractivity contribution is 0.124. The van der Waals surface area contributed by atoms with Crippen LogP contribution >= 0.6 is 0 Å². The van der Waals surface area contributed by atoms with E-state index in [0.717, 1.165) is 33.5 Å². The number of aryl methyl sites for hydroxylation is 1. The summed E-state index contributed by atoms with van der Waals surface area (Å²) in [7, 11) is 2.14. The van der Waals surface area contributed by atoms with Gasteiger partial charge < -0.3 is 5.11 Å². The third kappa shape index (κ3) is 2.12. The molecule has 0 bridgehead atoms. The number of fused-ring (bicyclic) bond motifs is 2. The first-order valence-electron chi connectivity index (χ1n) is 10.0. The van der Waals surface area contributed by atoms with Crippen LogP contribution < -0.4 is 5.46 Å². The van der Waals surface area contributed by atoms with E-state index < -0.39 is 0 Å². The maximum atomic E-state index is 11.4. The second kappa shape index (κ2) is 5.59. The van der Waals surface area contributed by atoms with Gasteiger partial charge in [-0.25, -0.2) is 9.97 Å². The Balaban J connectivity index is 2.14. The van der Waals surface area contributed by atoms with Crippen molar-refractivity contribution < 1.29 is 5.11 Å². The quantitative estimate of drug-likeness (QED) is 0.653. The van der Waals surface area contributed by atoms with E-state index >= 15 is 0 Å². The molecule has 28 heavy (non-hydrogen) atoms. The molecule has 0 atom stereocenters. The summed E-state index contributed by atoms with van der Waals surface area (Å²) in [6, 6.07) is 10.1. The van der Waals surface area contributed by atoms with Gasteiger partial charge in [0, 0.05) is 11.1 Å². The molecule has 1 N–H and O–H groups in total. The largest absolute Gasteiger partial charge is 0.505 e. The van der Waals surface area contributed by atoms with Crippen LogP contribution in [0.15, 0.2) is 30.3 Å². The summed E-state index contributed by atoms with van der Waals surface area (Å²) in [5, 5.41) is 11.4. The normalized spacial score (nSPS) is 19.0. The molecule has 0 radical (unpaired) electrons. The van der Waals surface area contributed by atoms with Crippen LogP contribution in [0.3, 0.4) is 0 Å². The topological polar surface area (TPSA) is 46.0 Å².